The van der Waals surface area contributed by atoms with Gasteiger partial charge in [-0.3, -0.25) is 4.79 Å². The van der Waals surface area contributed by atoms with Crippen LogP contribution in [0.4, 0.5) is 8.78 Å². The van der Waals surface area contributed by atoms with Crippen LogP contribution in [0, 0.1) is 0 Å². The van der Waals surface area contributed by atoms with Crippen LogP contribution < -0.4 is 15.0 Å². The third-order valence-electron chi connectivity index (χ3n) is 3.86. The van der Waals surface area contributed by atoms with Crippen LogP contribution in [0.15, 0.2) is 51.7 Å². The first-order chi connectivity index (χ1) is 13.5. The lowest BCUT2D eigenvalue weighted by Gasteiger charge is -2.10. The van der Waals surface area contributed by atoms with Crippen molar-refractivity contribution in [1.82, 2.24) is 20.2 Å². The first-order valence-corrected chi connectivity index (χ1v) is 8.01. The second-order valence-electron chi connectivity index (χ2n) is 5.59. The van der Waals surface area contributed by atoms with E-state index in [9.17, 15) is 13.6 Å². The number of H-pyrrole nitrogens is 1. The number of aromatic nitrogens is 4. The van der Waals surface area contributed by atoms with Crippen molar-refractivity contribution in [3.8, 4) is 34.7 Å². The molecule has 0 bridgehead atoms. The molecule has 142 valence electrons. The van der Waals surface area contributed by atoms with Crippen LogP contribution in [0.3, 0.4) is 0 Å². The average Bonchev–Trinajstić information content (AvgIpc) is 3.18. The molecule has 0 amide bonds. The highest BCUT2D eigenvalue weighted by Crippen LogP contribution is 2.32. The Morgan fingerprint density at radius 3 is 2.54 bits per heavy atom. The number of hydrogen-bond donors (Lipinski definition) is 1. The quantitative estimate of drug-likeness (QED) is 0.561. The molecular weight excluding hydrogens is 374 g/mol. The van der Waals surface area contributed by atoms with Gasteiger partial charge in [-0.15, -0.1) is 10.2 Å². The van der Waals surface area contributed by atoms with Gasteiger partial charge in [0.25, 0.3) is 11.4 Å². The molecule has 0 radical (unpaired) electrons. The molecule has 1 N–H and O–H groups in total. The zero-order chi connectivity index (χ0) is 19.7. The minimum atomic E-state index is -3.06. The zero-order valence-corrected chi connectivity index (χ0v) is 14.3. The Morgan fingerprint density at radius 2 is 1.82 bits per heavy atom. The van der Waals surface area contributed by atoms with Crippen molar-refractivity contribution in [2.24, 2.45) is 0 Å². The van der Waals surface area contributed by atoms with E-state index < -0.39 is 12.2 Å². The Labute approximate surface area is 155 Å². The van der Waals surface area contributed by atoms with Crippen molar-refractivity contribution in [2.45, 2.75) is 6.61 Å². The summed E-state index contributed by atoms with van der Waals surface area (Å²) in [6, 6.07) is 11.5. The van der Waals surface area contributed by atoms with Crippen molar-refractivity contribution >= 4 is 10.9 Å². The van der Waals surface area contributed by atoms with Gasteiger partial charge in [0.1, 0.15) is 0 Å². The van der Waals surface area contributed by atoms with Gasteiger partial charge in [0.2, 0.25) is 5.89 Å². The van der Waals surface area contributed by atoms with E-state index in [1.54, 1.807) is 12.1 Å². The van der Waals surface area contributed by atoms with E-state index in [0.29, 0.717) is 5.56 Å². The summed E-state index contributed by atoms with van der Waals surface area (Å²) in [7, 11) is 1.28. The topological polar surface area (TPSA) is 103 Å². The van der Waals surface area contributed by atoms with Gasteiger partial charge in [-0.25, -0.2) is 4.98 Å². The number of hydrogen-bond acceptors (Lipinski definition) is 7. The minimum absolute atomic E-state index is 0.000319. The maximum atomic E-state index is 12.6. The minimum Gasteiger partial charge on any atom is -0.493 e. The lowest BCUT2D eigenvalue weighted by Crippen LogP contribution is -2.11. The summed E-state index contributed by atoms with van der Waals surface area (Å²) < 4.78 is 40.2. The molecule has 0 saturated heterocycles. The predicted molar refractivity (Wildman–Crippen MR) is 94.3 cm³/mol. The molecule has 2 aromatic carbocycles. The summed E-state index contributed by atoms with van der Waals surface area (Å²) >= 11 is 0. The Hall–Kier alpha value is -3.82. The number of rotatable bonds is 5. The van der Waals surface area contributed by atoms with Crippen LogP contribution in [-0.2, 0) is 0 Å². The smallest absolute Gasteiger partial charge is 0.387 e. The summed E-state index contributed by atoms with van der Waals surface area (Å²) in [5, 5.41) is 7.95. The molecule has 0 spiro atoms. The Morgan fingerprint density at radius 1 is 1.07 bits per heavy atom. The van der Waals surface area contributed by atoms with Crippen LogP contribution in [0.2, 0.25) is 0 Å². The van der Waals surface area contributed by atoms with E-state index in [1.807, 2.05) is 18.2 Å². The Kier molecular flexibility index (Phi) is 4.44. The second-order valence-corrected chi connectivity index (χ2v) is 5.59. The van der Waals surface area contributed by atoms with E-state index in [-0.39, 0.29) is 40.0 Å². The number of halogens is 2. The molecule has 4 rings (SSSR count). The van der Waals surface area contributed by atoms with Crippen molar-refractivity contribution in [1.29, 1.82) is 0 Å². The summed E-state index contributed by atoms with van der Waals surface area (Å²) in [5.74, 6) is -0.0401. The molecule has 4 aromatic rings. The van der Waals surface area contributed by atoms with Crippen LogP contribution >= 0.6 is 0 Å². The molecule has 0 saturated carbocycles. The molecule has 0 unspecified atom stereocenters. The highest BCUT2D eigenvalue weighted by molar-refractivity contribution is 5.83. The van der Waals surface area contributed by atoms with E-state index >= 15 is 0 Å². The van der Waals surface area contributed by atoms with Gasteiger partial charge < -0.3 is 18.9 Å². The summed E-state index contributed by atoms with van der Waals surface area (Å²) in [5.41, 5.74) is 0.276. The Bertz CT molecular complexity index is 1190. The monoisotopic (exact) mass is 386 g/mol. The summed E-state index contributed by atoms with van der Waals surface area (Å²) in [6.07, 6.45) is 0. The van der Waals surface area contributed by atoms with Crippen molar-refractivity contribution in [3.63, 3.8) is 0 Å². The van der Waals surface area contributed by atoms with Crippen LogP contribution in [-0.4, -0.2) is 33.9 Å². The lowest BCUT2D eigenvalue weighted by molar-refractivity contribution is -0.0511. The SMILES string of the molecule is COc1cc2c(=O)[nH]c(-c3nnc(-c4ccccc4)o3)nc2cc1OC(F)F. The molecule has 0 aliphatic heterocycles. The van der Waals surface area contributed by atoms with E-state index in [2.05, 4.69) is 24.9 Å². The molecule has 2 aromatic heterocycles. The second kappa shape index (κ2) is 7.06. The van der Waals surface area contributed by atoms with Crippen molar-refractivity contribution in [3.05, 3.63) is 52.8 Å². The standard InChI is InChI=1S/C18H12F2N4O4/c1-26-12-7-10-11(8-13(12)27-18(19)20)21-14(22-15(10)25)17-24-23-16(28-17)9-5-3-2-4-6-9/h2-8,18H,1H3,(H,21,22,25). The molecule has 2 heterocycles. The zero-order valence-electron chi connectivity index (χ0n) is 14.3. The molecule has 0 aliphatic rings. The van der Waals surface area contributed by atoms with Gasteiger partial charge in [0.05, 0.1) is 18.0 Å². The van der Waals surface area contributed by atoms with Gasteiger partial charge in [-0.1, -0.05) is 18.2 Å². The third-order valence-corrected chi connectivity index (χ3v) is 3.86. The van der Waals surface area contributed by atoms with Crippen LogP contribution in [0.5, 0.6) is 11.5 Å². The van der Waals surface area contributed by atoms with E-state index in [0.717, 1.165) is 0 Å². The first-order valence-electron chi connectivity index (χ1n) is 8.01. The third kappa shape index (κ3) is 3.27. The fourth-order valence-corrected chi connectivity index (χ4v) is 2.61. The molecule has 0 aliphatic carbocycles. The van der Waals surface area contributed by atoms with E-state index in [1.165, 1.54) is 19.2 Å². The molecule has 0 atom stereocenters. The summed E-state index contributed by atoms with van der Waals surface area (Å²) in [4.78, 5) is 19.2. The molecule has 8 nitrogen and oxygen atoms in total. The van der Waals surface area contributed by atoms with Gasteiger partial charge in [-0.2, -0.15) is 8.78 Å². The van der Waals surface area contributed by atoms with Crippen LogP contribution in [0.1, 0.15) is 0 Å². The van der Waals surface area contributed by atoms with Gasteiger partial charge >= 0.3 is 6.61 Å². The fraction of sp³-hybridized carbons (Fsp3) is 0.111. The largest absolute Gasteiger partial charge is 0.493 e. The molecule has 0 fully saturated rings. The molecular formula is C18H12F2N4O4. The number of ether oxygens (including phenoxy) is 2. The fourth-order valence-electron chi connectivity index (χ4n) is 2.61. The maximum Gasteiger partial charge on any atom is 0.387 e. The number of alkyl halides is 2. The molecule has 28 heavy (non-hydrogen) atoms. The number of aromatic amines is 1. The van der Waals surface area contributed by atoms with Crippen LogP contribution in [0.25, 0.3) is 34.1 Å². The van der Waals surface area contributed by atoms with Gasteiger partial charge in [0, 0.05) is 11.6 Å². The summed E-state index contributed by atoms with van der Waals surface area (Å²) in [6.45, 7) is -3.06. The first kappa shape index (κ1) is 17.6. The number of benzene rings is 2. The van der Waals surface area contributed by atoms with Gasteiger partial charge in [0.15, 0.2) is 17.3 Å². The highest BCUT2D eigenvalue weighted by atomic mass is 19.3. The average molecular weight is 386 g/mol. The lowest BCUT2D eigenvalue weighted by atomic mass is 10.2. The highest BCUT2D eigenvalue weighted by Gasteiger charge is 2.18. The van der Waals surface area contributed by atoms with Crippen molar-refractivity contribution < 1.29 is 22.7 Å². The number of fused-ring (bicyclic) bond motifs is 1. The number of nitrogens with zero attached hydrogens (tertiary/aromatic N) is 3. The number of methoxy groups -OCH3 is 1. The molecule has 10 heteroatoms. The predicted octanol–water partition coefficient (Wildman–Crippen LogP) is 3.25. The maximum absolute atomic E-state index is 12.6. The van der Waals surface area contributed by atoms with E-state index in [4.69, 9.17) is 9.15 Å². The normalized spacial score (nSPS) is 11.1. The van der Waals surface area contributed by atoms with Crippen molar-refractivity contribution in [2.75, 3.05) is 7.11 Å². The van der Waals surface area contributed by atoms with Gasteiger partial charge in [-0.05, 0) is 18.2 Å². The number of nitrogens with one attached hydrogen (secondary N) is 1. The Balaban J connectivity index is 1.80.